The Kier molecular flexibility index (Phi) is 6.19. The fourth-order valence-electron chi connectivity index (χ4n) is 3.50. The molecule has 14 heteroatoms. The van der Waals surface area contributed by atoms with E-state index < -0.39 is 31.2 Å². The summed E-state index contributed by atoms with van der Waals surface area (Å²) in [5, 5.41) is 8.98. The van der Waals surface area contributed by atoms with Crippen LogP contribution in [0.4, 0.5) is 11.4 Å². The van der Waals surface area contributed by atoms with Gasteiger partial charge in [0.2, 0.25) is 0 Å². The molecule has 0 saturated carbocycles. The SMILES string of the molecule is CCN1c2ccc(S(=O)(=O)O)cc2SC1N=NC1Sc2cc(S(=O)(=O)O)ccc2N1CC. The van der Waals surface area contributed by atoms with E-state index in [4.69, 9.17) is 0 Å². The van der Waals surface area contributed by atoms with Crippen LogP contribution >= 0.6 is 23.5 Å². The first-order valence-corrected chi connectivity index (χ1v) is 14.2. The van der Waals surface area contributed by atoms with Gasteiger partial charge in [-0.1, -0.05) is 23.5 Å². The molecule has 10 nitrogen and oxygen atoms in total. The lowest BCUT2D eigenvalue weighted by atomic mass is 10.3. The van der Waals surface area contributed by atoms with Crippen LogP contribution in [-0.2, 0) is 20.2 Å². The minimum absolute atomic E-state index is 0.175. The molecule has 2 unspecified atom stereocenters. The highest BCUT2D eigenvalue weighted by Gasteiger charge is 2.33. The first-order chi connectivity index (χ1) is 15.0. The molecule has 4 rings (SSSR count). The molecular formula is C18H20N4O6S4. The van der Waals surface area contributed by atoms with Gasteiger partial charge in [0.1, 0.15) is 0 Å². The smallest absolute Gasteiger partial charge is 0.294 e. The Balaban J connectivity index is 1.58. The van der Waals surface area contributed by atoms with Crippen LogP contribution < -0.4 is 9.80 Å². The average molecular weight is 517 g/mol. The van der Waals surface area contributed by atoms with Crippen molar-refractivity contribution >= 4 is 55.1 Å². The number of hydrogen-bond donors (Lipinski definition) is 2. The predicted octanol–water partition coefficient (Wildman–Crippen LogP) is 3.76. The molecule has 0 fully saturated rings. The Labute approximate surface area is 194 Å². The van der Waals surface area contributed by atoms with Crippen molar-refractivity contribution in [2.45, 2.75) is 44.4 Å². The van der Waals surface area contributed by atoms with Gasteiger partial charge in [-0.15, -0.1) is 0 Å². The van der Waals surface area contributed by atoms with Crippen molar-refractivity contribution in [3.63, 3.8) is 0 Å². The monoisotopic (exact) mass is 516 g/mol. The maximum atomic E-state index is 11.5. The molecule has 0 aliphatic carbocycles. The number of nitrogens with zero attached hydrogens (tertiary/aromatic N) is 4. The third-order valence-corrected chi connectivity index (χ3v) is 9.00. The van der Waals surface area contributed by atoms with E-state index in [1.54, 1.807) is 12.1 Å². The minimum Gasteiger partial charge on any atom is -0.339 e. The van der Waals surface area contributed by atoms with E-state index >= 15 is 0 Å². The first kappa shape index (κ1) is 23.3. The number of azo groups is 1. The van der Waals surface area contributed by atoms with E-state index in [0.717, 1.165) is 11.4 Å². The van der Waals surface area contributed by atoms with E-state index in [1.807, 2.05) is 23.6 Å². The van der Waals surface area contributed by atoms with E-state index in [2.05, 4.69) is 10.2 Å². The van der Waals surface area contributed by atoms with Gasteiger partial charge in [-0.2, -0.15) is 27.1 Å². The zero-order chi connectivity index (χ0) is 23.3. The van der Waals surface area contributed by atoms with Crippen molar-refractivity contribution < 1.29 is 25.9 Å². The molecule has 172 valence electrons. The third-order valence-electron chi connectivity index (χ3n) is 5.02. The molecule has 2 aliphatic heterocycles. The molecule has 2 aliphatic rings. The number of benzene rings is 2. The molecular weight excluding hydrogens is 496 g/mol. The largest absolute Gasteiger partial charge is 0.339 e. The first-order valence-electron chi connectivity index (χ1n) is 9.52. The van der Waals surface area contributed by atoms with Gasteiger partial charge >= 0.3 is 0 Å². The van der Waals surface area contributed by atoms with Gasteiger partial charge in [0, 0.05) is 22.9 Å². The van der Waals surface area contributed by atoms with Gasteiger partial charge in [0.05, 0.1) is 21.2 Å². The summed E-state index contributed by atoms with van der Waals surface area (Å²) in [6.07, 6.45) is 0. The van der Waals surface area contributed by atoms with Crippen molar-refractivity contribution in [3.05, 3.63) is 36.4 Å². The van der Waals surface area contributed by atoms with E-state index in [0.29, 0.717) is 22.9 Å². The zero-order valence-corrected chi connectivity index (χ0v) is 20.2. The number of thioether (sulfide) groups is 2. The summed E-state index contributed by atoms with van der Waals surface area (Å²) >= 11 is 2.66. The van der Waals surface area contributed by atoms with Gasteiger partial charge in [0.15, 0.2) is 11.0 Å². The van der Waals surface area contributed by atoms with Crippen molar-refractivity contribution in [1.29, 1.82) is 0 Å². The van der Waals surface area contributed by atoms with Crippen LogP contribution in [0.5, 0.6) is 0 Å². The highest BCUT2D eigenvalue weighted by atomic mass is 32.2. The van der Waals surface area contributed by atoms with Gasteiger partial charge in [-0.25, -0.2) is 0 Å². The van der Waals surface area contributed by atoms with Crippen LogP contribution in [0, 0.1) is 0 Å². The maximum Gasteiger partial charge on any atom is 0.294 e. The number of hydrogen-bond acceptors (Lipinski definition) is 10. The highest BCUT2D eigenvalue weighted by molar-refractivity contribution is 8.00. The van der Waals surface area contributed by atoms with Crippen LogP contribution in [0.25, 0.3) is 0 Å². The van der Waals surface area contributed by atoms with Gasteiger partial charge in [0.25, 0.3) is 20.2 Å². The second kappa shape index (κ2) is 8.50. The van der Waals surface area contributed by atoms with Crippen molar-refractivity contribution in [3.8, 4) is 0 Å². The van der Waals surface area contributed by atoms with Crippen molar-refractivity contribution in [2.24, 2.45) is 10.2 Å². The van der Waals surface area contributed by atoms with Crippen molar-refractivity contribution in [2.75, 3.05) is 22.9 Å². The Morgan fingerprint density at radius 3 is 1.47 bits per heavy atom. The molecule has 2 heterocycles. The summed E-state index contributed by atoms with van der Waals surface area (Å²) < 4.78 is 64.5. The lowest BCUT2D eigenvalue weighted by molar-refractivity contribution is 0.480. The van der Waals surface area contributed by atoms with Gasteiger partial charge in [-0.3, -0.25) is 9.11 Å². The van der Waals surface area contributed by atoms with Crippen molar-refractivity contribution in [1.82, 2.24) is 0 Å². The third kappa shape index (κ3) is 4.34. The summed E-state index contributed by atoms with van der Waals surface area (Å²) in [7, 11) is -8.61. The zero-order valence-electron chi connectivity index (χ0n) is 17.0. The molecule has 2 aromatic rings. The summed E-state index contributed by atoms with van der Waals surface area (Å²) in [5.41, 5.74) is 0.786. The fraction of sp³-hybridized carbons (Fsp3) is 0.333. The Morgan fingerprint density at radius 2 is 1.16 bits per heavy atom. The normalized spacial score (nSPS) is 20.8. The van der Waals surface area contributed by atoms with E-state index in [-0.39, 0.29) is 9.79 Å². The highest BCUT2D eigenvalue weighted by Crippen LogP contribution is 2.47. The van der Waals surface area contributed by atoms with E-state index in [9.17, 15) is 25.9 Å². The summed E-state index contributed by atoms with van der Waals surface area (Å²) in [6, 6.07) is 8.82. The molecule has 2 atom stereocenters. The Morgan fingerprint density at radius 1 is 0.781 bits per heavy atom. The fourth-order valence-corrected chi connectivity index (χ4v) is 7.11. The van der Waals surface area contributed by atoms with Crippen LogP contribution in [0.1, 0.15) is 13.8 Å². The topological polar surface area (TPSA) is 140 Å². The minimum atomic E-state index is -4.30. The molecule has 0 aromatic heterocycles. The summed E-state index contributed by atoms with van der Waals surface area (Å²) in [5.74, 6) is 0. The molecule has 0 spiro atoms. The molecule has 0 radical (unpaired) electrons. The molecule has 32 heavy (non-hydrogen) atoms. The lowest BCUT2D eigenvalue weighted by Crippen LogP contribution is -2.29. The second-order valence-corrected chi connectivity index (χ2v) is 11.9. The molecule has 2 N–H and O–H groups in total. The average Bonchev–Trinajstić information content (AvgIpc) is 3.26. The molecule has 0 saturated heterocycles. The standard InChI is InChI=1S/C18H20N4O6S4/c1-3-21-13-7-5-11(31(23,24)25)9-15(13)29-17(21)19-20-18-22(4-2)14-8-6-12(32(26,27)28)10-16(14)30-18/h5-10,17-18H,3-4H2,1-2H3,(H,23,24,25)(H,26,27,28). The maximum absolute atomic E-state index is 11.5. The summed E-state index contributed by atoms with van der Waals surface area (Å²) in [6.45, 7) is 5.12. The van der Waals surface area contributed by atoms with Gasteiger partial charge in [-0.05, 0) is 50.2 Å². The Hall–Kier alpha value is -1.84. The van der Waals surface area contributed by atoms with E-state index in [1.165, 1.54) is 47.8 Å². The quantitative estimate of drug-likeness (QED) is 0.431. The Bertz CT molecular complexity index is 1200. The second-order valence-electron chi connectivity index (χ2n) is 6.90. The lowest BCUT2D eigenvalue weighted by Gasteiger charge is -2.23. The molecule has 2 aromatic carbocycles. The molecule has 0 bridgehead atoms. The van der Waals surface area contributed by atoms with Crippen LogP contribution in [-0.4, -0.2) is 50.0 Å². The van der Waals surface area contributed by atoms with Crippen LogP contribution in [0.3, 0.4) is 0 Å². The molecule has 0 amide bonds. The van der Waals surface area contributed by atoms with Crippen LogP contribution in [0.15, 0.2) is 66.2 Å². The van der Waals surface area contributed by atoms with Gasteiger partial charge < -0.3 is 9.80 Å². The number of rotatable bonds is 6. The number of anilines is 2. The summed E-state index contributed by atoms with van der Waals surface area (Å²) in [4.78, 5) is 4.95. The van der Waals surface area contributed by atoms with Crippen LogP contribution in [0.2, 0.25) is 0 Å². The number of fused-ring (bicyclic) bond motifs is 2. The predicted molar refractivity (Wildman–Crippen MR) is 123 cm³/mol.